The summed E-state index contributed by atoms with van der Waals surface area (Å²) in [5.74, 6) is 0.130. The number of pyridine rings is 1. The monoisotopic (exact) mass is 347 g/mol. The van der Waals surface area contributed by atoms with Crippen LogP contribution < -0.4 is 14.8 Å². The fourth-order valence-electron chi connectivity index (χ4n) is 2.35. The van der Waals surface area contributed by atoms with E-state index >= 15 is 0 Å². The molecule has 8 heteroatoms. The molecule has 2 atom stereocenters. The van der Waals surface area contributed by atoms with Crippen molar-refractivity contribution in [1.29, 1.82) is 0 Å². The Labute approximate surface area is 140 Å². The van der Waals surface area contributed by atoms with Gasteiger partial charge in [-0.15, -0.1) is 0 Å². The average molecular weight is 347 g/mol. The first-order chi connectivity index (χ1) is 11.4. The van der Waals surface area contributed by atoms with E-state index in [1.54, 1.807) is 38.2 Å². The molecule has 2 aromatic rings. The SMILES string of the molecule is C[C@H](NS(=O)(=O)c1ccc2c(c1)NC(=O)[C@@H](C)O2)c1ccccn1. The van der Waals surface area contributed by atoms with Gasteiger partial charge in [-0.3, -0.25) is 9.78 Å². The second kappa shape index (κ2) is 6.21. The number of hydrogen-bond acceptors (Lipinski definition) is 5. The normalized spacial score (nSPS) is 18.2. The highest BCUT2D eigenvalue weighted by Crippen LogP contribution is 2.32. The number of fused-ring (bicyclic) bond motifs is 1. The molecule has 0 aliphatic carbocycles. The predicted octanol–water partition coefficient (Wildman–Crippen LogP) is 1.84. The minimum atomic E-state index is -3.77. The molecule has 1 aromatic carbocycles. The van der Waals surface area contributed by atoms with Gasteiger partial charge < -0.3 is 10.1 Å². The van der Waals surface area contributed by atoms with Crippen molar-refractivity contribution in [3.8, 4) is 5.75 Å². The number of nitrogens with one attached hydrogen (secondary N) is 2. The lowest BCUT2D eigenvalue weighted by Crippen LogP contribution is -2.34. The van der Waals surface area contributed by atoms with E-state index in [0.717, 1.165) is 0 Å². The van der Waals surface area contributed by atoms with E-state index in [1.165, 1.54) is 18.2 Å². The van der Waals surface area contributed by atoms with Crippen molar-refractivity contribution in [2.75, 3.05) is 5.32 Å². The number of nitrogens with zero attached hydrogens (tertiary/aromatic N) is 1. The number of hydrogen-bond donors (Lipinski definition) is 2. The van der Waals surface area contributed by atoms with Gasteiger partial charge in [0.1, 0.15) is 5.75 Å². The Morgan fingerprint density at radius 1 is 1.29 bits per heavy atom. The third-order valence-corrected chi connectivity index (χ3v) is 5.19. The van der Waals surface area contributed by atoms with E-state index in [1.807, 2.05) is 0 Å². The summed E-state index contributed by atoms with van der Waals surface area (Å²) in [5.41, 5.74) is 0.955. The van der Waals surface area contributed by atoms with Crippen LogP contribution in [0.15, 0.2) is 47.5 Å². The molecule has 7 nitrogen and oxygen atoms in total. The fraction of sp³-hybridized carbons (Fsp3) is 0.250. The Bertz CT molecular complexity index is 868. The van der Waals surface area contributed by atoms with Crippen molar-refractivity contribution in [3.05, 3.63) is 48.3 Å². The van der Waals surface area contributed by atoms with E-state index in [-0.39, 0.29) is 10.8 Å². The Morgan fingerprint density at radius 3 is 2.79 bits per heavy atom. The van der Waals surface area contributed by atoms with Crippen molar-refractivity contribution < 1.29 is 17.9 Å². The smallest absolute Gasteiger partial charge is 0.265 e. The zero-order valence-corrected chi connectivity index (χ0v) is 14.0. The summed E-state index contributed by atoms with van der Waals surface area (Å²) in [6.07, 6.45) is 0.995. The molecule has 0 unspecified atom stereocenters. The summed E-state index contributed by atoms with van der Waals surface area (Å²) >= 11 is 0. The summed E-state index contributed by atoms with van der Waals surface area (Å²) in [6.45, 7) is 3.34. The average Bonchev–Trinajstić information content (AvgIpc) is 2.56. The van der Waals surface area contributed by atoms with E-state index in [0.29, 0.717) is 17.1 Å². The maximum atomic E-state index is 12.6. The minimum Gasteiger partial charge on any atom is -0.479 e. The second-order valence-electron chi connectivity index (χ2n) is 5.50. The van der Waals surface area contributed by atoms with Gasteiger partial charge in [0, 0.05) is 6.20 Å². The highest BCUT2D eigenvalue weighted by atomic mass is 32.2. The van der Waals surface area contributed by atoms with Crippen LogP contribution in [0, 0.1) is 0 Å². The van der Waals surface area contributed by atoms with E-state index in [2.05, 4.69) is 15.0 Å². The highest BCUT2D eigenvalue weighted by molar-refractivity contribution is 7.89. The van der Waals surface area contributed by atoms with Gasteiger partial charge in [0.05, 0.1) is 22.3 Å². The van der Waals surface area contributed by atoms with Gasteiger partial charge in [-0.1, -0.05) is 6.07 Å². The Kier molecular flexibility index (Phi) is 4.25. The summed E-state index contributed by atoms with van der Waals surface area (Å²) < 4.78 is 33.1. The van der Waals surface area contributed by atoms with Gasteiger partial charge >= 0.3 is 0 Å². The zero-order valence-electron chi connectivity index (χ0n) is 13.2. The number of rotatable bonds is 4. The Balaban J connectivity index is 1.85. The van der Waals surface area contributed by atoms with Gasteiger partial charge in [-0.2, -0.15) is 0 Å². The van der Waals surface area contributed by atoms with Crippen LogP contribution >= 0.6 is 0 Å². The fourth-order valence-corrected chi connectivity index (χ4v) is 3.59. The molecular weight excluding hydrogens is 330 g/mol. The summed E-state index contributed by atoms with van der Waals surface area (Å²) in [4.78, 5) is 15.9. The number of ether oxygens (including phenoxy) is 1. The van der Waals surface area contributed by atoms with Crippen LogP contribution in [0.2, 0.25) is 0 Å². The molecule has 3 rings (SSSR count). The number of amides is 1. The molecule has 0 fully saturated rings. The van der Waals surface area contributed by atoms with Gasteiger partial charge in [-0.05, 0) is 44.2 Å². The molecule has 0 bridgehead atoms. The quantitative estimate of drug-likeness (QED) is 0.879. The van der Waals surface area contributed by atoms with E-state index in [4.69, 9.17) is 4.74 Å². The first kappa shape index (κ1) is 16.4. The van der Waals surface area contributed by atoms with Crippen LogP contribution in [-0.4, -0.2) is 25.4 Å². The van der Waals surface area contributed by atoms with Crippen LogP contribution in [0.3, 0.4) is 0 Å². The molecule has 2 N–H and O–H groups in total. The zero-order chi connectivity index (χ0) is 17.3. The first-order valence-electron chi connectivity index (χ1n) is 7.41. The lowest BCUT2D eigenvalue weighted by Gasteiger charge is -2.23. The van der Waals surface area contributed by atoms with Crippen molar-refractivity contribution >= 4 is 21.6 Å². The van der Waals surface area contributed by atoms with Crippen molar-refractivity contribution in [2.45, 2.75) is 30.9 Å². The molecule has 24 heavy (non-hydrogen) atoms. The Morgan fingerprint density at radius 2 is 2.08 bits per heavy atom. The van der Waals surface area contributed by atoms with Gasteiger partial charge in [0.2, 0.25) is 10.0 Å². The molecule has 1 aromatic heterocycles. The predicted molar refractivity (Wildman–Crippen MR) is 88.1 cm³/mol. The number of aromatic nitrogens is 1. The highest BCUT2D eigenvalue weighted by Gasteiger charge is 2.26. The first-order valence-corrected chi connectivity index (χ1v) is 8.90. The topological polar surface area (TPSA) is 97.4 Å². The molecule has 0 radical (unpaired) electrons. The molecule has 0 spiro atoms. The van der Waals surface area contributed by atoms with Gasteiger partial charge in [0.25, 0.3) is 5.91 Å². The third kappa shape index (κ3) is 3.24. The van der Waals surface area contributed by atoms with E-state index in [9.17, 15) is 13.2 Å². The number of sulfonamides is 1. The summed E-state index contributed by atoms with van der Waals surface area (Å²) in [6, 6.07) is 9.17. The molecule has 0 saturated heterocycles. The van der Waals surface area contributed by atoms with Crippen LogP contribution in [0.1, 0.15) is 25.6 Å². The molecule has 1 amide bonds. The molecule has 2 heterocycles. The number of anilines is 1. The van der Waals surface area contributed by atoms with Crippen molar-refractivity contribution in [2.24, 2.45) is 0 Å². The van der Waals surface area contributed by atoms with Crippen LogP contribution in [-0.2, 0) is 14.8 Å². The van der Waals surface area contributed by atoms with Crippen LogP contribution in [0.4, 0.5) is 5.69 Å². The third-order valence-electron chi connectivity index (χ3n) is 3.66. The maximum Gasteiger partial charge on any atom is 0.265 e. The van der Waals surface area contributed by atoms with Crippen molar-refractivity contribution in [3.63, 3.8) is 0 Å². The molecule has 0 saturated carbocycles. The minimum absolute atomic E-state index is 0.0440. The standard InChI is InChI=1S/C16H17N3O4S/c1-10(13-5-3-4-8-17-13)19-24(21,22)12-6-7-15-14(9-12)18-16(20)11(2)23-15/h3-11,19H,1-2H3,(H,18,20)/t10-,11+/m0/s1. The van der Waals surface area contributed by atoms with Gasteiger partial charge in [0.15, 0.2) is 6.10 Å². The molecule has 126 valence electrons. The Hall–Kier alpha value is -2.45. The molecule has 1 aliphatic rings. The summed E-state index contributed by atoms with van der Waals surface area (Å²) in [7, 11) is -3.77. The lowest BCUT2D eigenvalue weighted by molar-refractivity contribution is -0.122. The maximum absolute atomic E-state index is 12.6. The second-order valence-corrected chi connectivity index (χ2v) is 7.22. The number of benzene rings is 1. The number of carbonyl (C=O) groups is 1. The largest absolute Gasteiger partial charge is 0.479 e. The van der Waals surface area contributed by atoms with Crippen molar-refractivity contribution in [1.82, 2.24) is 9.71 Å². The number of carbonyl (C=O) groups excluding carboxylic acids is 1. The van der Waals surface area contributed by atoms with Crippen LogP contribution in [0.5, 0.6) is 5.75 Å². The summed E-state index contributed by atoms with van der Waals surface area (Å²) in [5, 5.41) is 2.64. The molecule has 1 aliphatic heterocycles. The van der Waals surface area contributed by atoms with E-state index < -0.39 is 22.2 Å². The lowest BCUT2D eigenvalue weighted by atomic mass is 10.2. The van der Waals surface area contributed by atoms with Gasteiger partial charge in [-0.25, -0.2) is 13.1 Å². The van der Waals surface area contributed by atoms with Crippen LogP contribution in [0.25, 0.3) is 0 Å². The molecular formula is C16H17N3O4S.